The van der Waals surface area contributed by atoms with Gasteiger partial charge >= 0.3 is 5.97 Å². The highest BCUT2D eigenvalue weighted by atomic mass is 16.5. The van der Waals surface area contributed by atoms with Crippen molar-refractivity contribution in [1.29, 1.82) is 0 Å². The van der Waals surface area contributed by atoms with E-state index in [-0.39, 0.29) is 11.9 Å². The number of amides is 1. The van der Waals surface area contributed by atoms with Gasteiger partial charge in [-0.2, -0.15) is 0 Å². The molecule has 0 N–H and O–H groups in total. The molecule has 3 aromatic rings. The summed E-state index contributed by atoms with van der Waals surface area (Å²) in [6.45, 7) is 0.781. The van der Waals surface area contributed by atoms with Gasteiger partial charge in [-0.05, 0) is 47.9 Å². The molecular formula is C25H21N3O3. The third-order valence-electron chi connectivity index (χ3n) is 5.83. The Balaban J connectivity index is 1.47. The van der Waals surface area contributed by atoms with Gasteiger partial charge in [-0.15, -0.1) is 0 Å². The van der Waals surface area contributed by atoms with Gasteiger partial charge in [0.15, 0.2) is 0 Å². The average Bonchev–Trinajstić information content (AvgIpc) is 3.45. The highest BCUT2D eigenvalue weighted by molar-refractivity contribution is 5.98. The molecule has 1 fully saturated rings. The second kappa shape index (κ2) is 7.80. The van der Waals surface area contributed by atoms with Gasteiger partial charge in [0, 0.05) is 65.9 Å². The van der Waals surface area contributed by atoms with Crippen LogP contribution in [0.5, 0.6) is 0 Å². The van der Waals surface area contributed by atoms with E-state index < -0.39 is 0 Å². The Bertz CT molecular complexity index is 1210. The molecule has 0 spiro atoms. The molecule has 1 aliphatic heterocycles. The number of fused-ring (bicyclic) bond motifs is 1. The van der Waals surface area contributed by atoms with Crippen LogP contribution >= 0.6 is 0 Å². The first-order chi connectivity index (χ1) is 15.1. The Hall–Kier alpha value is -3.80. The summed E-state index contributed by atoms with van der Waals surface area (Å²) in [5, 5.41) is 0. The number of nitrogens with zero attached hydrogens (tertiary/aromatic N) is 3. The van der Waals surface area contributed by atoms with Crippen molar-refractivity contribution in [3.63, 3.8) is 0 Å². The summed E-state index contributed by atoms with van der Waals surface area (Å²) in [4.78, 5) is 34.7. The Morgan fingerprint density at radius 1 is 1.06 bits per heavy atom. The van der Waals surface area contributed by atoms with Crippen molar-refractivity contribution in [2.75, 3.05) is 18.6 Å². The molecule has 0 radical (unpaired) electrons. The second-order valence-electron chi connectivity index (χ2n) is 7.71. The summed E-state index contributed by atoms with van der Waals surface area (Å²) in [5.41, 5.74) is 7.29. The van der Waals surface area contributed by atoms with E-state index in [0.717, 1.165) is 52.2 Å². The molecule has 0 saturated carbocycles. The maximum Gasteiger partial charge on any atom is 0.334 e. The number of carbonyl (C=O) groups excluding carboxylic acids is 2. The van der Waals surface area contributed by atoms with E-state index >= 15 is 0 Å². The van der Waals surface area contributed by atoms with Crippen molar-refractivity contribution in [3.8, 4) is 22.3 Å². The van der Waals surface area contributed by atoms with Crippen molar-refractivity contribution < 1.29 is 14.3 Å². The number of rotatable bonds is 4. The average molecular weight is 411 g/mol. The Kier molecular flexibility index (Phi) is 4.82. The standard InChI is InChI=1S/C25H21N3O3/c1-31-25(30)17-12-22-21(8-9-27-23(22)13-17)19-11-18(14-26-15-19)16-4-6-20(7-5-16)28-10-2-3-24(28)29/h4-9,11-12,14-15H,2-3,10,13H2,1H3. The largest absolute Gasteiger partial charge is 0.466 e. The molecule has 1 saturated heterocycles. The molecule has 6 heteroatoms. The summed E-state index contributed by atoms with van der Waals surface area (Å²) in [6.07, 6.45) is 9.27. The molecule has 31 heavy (non-hydrogen) atoms. The van der Waals surface area contributed by atoms with Crippen LogP contribution in [0.15, 0.2) is 60.6 Å². The lowest BCUT2D eigenvalue weighted by Crippen LogP contribution is -2.23. The highest BCUT2D eigenvalue weighted by Crippen LogP contribution is 2.34. The number of esters is 1. The van der Waals surface area contributed by atoms with E-state index in [9.17, 15) is 9.59 Å². The Morgan fingerprint density at radius 3 is 2.61 bits per heavy atom. The maximum atomic E-state index is 12.0. The highest BCUT2D eigenvalue weighted by Gasteiger charge is 2.23. The second-order valence-corrected chi connectivity index (χ2v) is 7.71. The van der Waals surface area contributed by atoms with Gasteiger partial charge in [-0.25, -0.2) is 4.79 Å². The molecule has 1 amide bonds. The Labute approximate surface area is 180 Å². The number of pyridine rings is 2. The van der Waals surface area contributed by atoms with Crippen molar-refractivity contribution >= 4 is 23.6 Å². The number of hydrogen-bond donors (Lipinski definition) is 0. The van der Waals surface area contributed by atoms with Crippen LogP contribution in [-0.2, 0) is 20.7 Å². The number of aromatic nitrogens is 2. The summed E-state index contributed by atoms with van der Waals surface area (Å²) in [6, 6.07) is 12.0. The first kappa shape index (κ1) is 19.2. The first-order valence-corrected chi connectivity index (χ1v) is 10.3. The van der Waals surface area contributed by atoms with Gasteiger partial charge < -0.3 is 9.64 Å². The lowest BCUT2D eigenvalue weighted by Gasteiger charge is -2.16. The van der Waals surface area contributed by atoms with E-state index in [1.807, 2.05) is 53.7 Å². The summed E-state index contributed by atoms with van der Waals surface area (Å²) in [5.74, 6) is -0.144. The predicted octanol–water partition coefficient (Wildman–Crippen LogP) is 4.05. The van der Waals surface area contributed by atoms with Gasteiger partial charge in [0.2, 0.25) is 5.91 Å². The number of ether oxygens (including phenoxy) is 1. The van der Waals surface area contributed by atoms with Crippen LogP contribution in [0.1, 0.15) is 24.1 Å². The van der Waals surface area contributed by atoms with E-state index in [1.165, 1.54) is 7.11 Å². The van der Waals surface area contributed by atoms with Crippen LogP contribution in [0, 0.1) is 0 Å². The maximum absolute atomic E-state index is 12.0. The lowest BCUT2D eigenvalue weighted by molar-refractivity contribution is -0.136. The van der Waals surface area contributed by atoms with Crippen molar-refractivity contribution in [3.05, 3.63) is 71.8 Å². The number of anilines is 1. The quantitative estimate of drug-likeness (QED) is 0.606. The van der Waals surface area contributed by atoms with Crippen LogP contribution < -0.4 is 4.90 Å². The molecule has 6 nitrogen and oxygen atoms in total. The van der Waals surface area contributed by atoms with Crippen LogP contribution in [0.25, 0.3) is 28.3 Å². The van der Waals surface area contributed by atoms with Crippen LogP contribution in [0.2, 0.25) is 0 Å². The van der Waals surface area contributed by atoms with Crippen molar-refractivity contribution in [2.45, 2.75) is 19.3 Å². The van der Waals surface area contributed by atoms with Crippen molar-refractivity contribution in [2.24, 2.45) is 0 Å². The van der Waals surface area contributed by atoms with E-state index in [1.54, 1.807) is 6.20 Å². The molecule has 3 heterocycles. The summed E-state index contributed by atoms with van der Waals surface area (Å²) >= 11 is 0. The van der Waals surface area contributed by atoms with Gasteiger partial charge in [0.1, 0.15) is 0 Å². The SMILES string of the molecule is COC(=O)C1=Cc2c(-c3cncc(-c4ccc(N5CCCC5=O)cc4)c3)ccnc2C1. The van der Waals surface area contributed by atoms with Crippen LogP contribution in [0.4, 0.5) is 5.69 Å². The fourth-order valence-electron chi connectivity index (χ4n) is 4.24. The number of methoxy groups -OCH3 is 1. The number of carbonyl (C=O) groups is 2. The van der Waals surface area contributed by atoms with Crippen LogP contribution in [-0.4, -0.2) is 35.5 Å². The normalized spacial score (nSPS) is 15.1. The molecule has 2 aromatic heterocycles. The fraction of sp³-hybridized carbons (Fsp3) is 0.200. The van der Waals surface area contributed by atoms with Crippen molar-refractivity contribution in [1.82, 2.24) is 9.97 Å². The van der Waals surface area contributed by atoms with E-state index in [2.05, 4.69) is 16.0 Å². The zero-order chi connectivity index (χ0) is 21.4. The molecule has 0 bridgehead atoms. The minimum absolute atomic E-state index is 0.183. The third-order valence-corrected chi connectivity index (χ3v) is 5.83. The molecule has 2 aliphatic rings. The molecule has 1 aliphatic carbocycles. The predicted molar refractivity (Wildman–Crippen MR) is 118 cm³/mol. The molecule has 0 unspecified atom stereocenters. The topological polar surface area (TPSA) is 72.4 Å². The third kappa shape index (κ3) is 3.50. The molecule has 1 aromatic carbocycles. The number of benzene rings is 1. The molecular weight excluding hydrogens is 390 g/mol. The van der Waals surface area contributed by atoms with Crippen LogP contribution in [0.3, 0.4) is 0 Å². The lowest BCUT2D eigenvalue weighted by atomic mass is 9.98. The monoisotopic (exact) mass is 411 g/mol. The van der Waals surface area contributed by atoms with E-state index in [0.29, 0.717) is 18.4 Å². The molecule has 0 atom stereocenters. The van der Waals surface area contributed by atoms with E-state index in [4.69, 9.17) is 4.74 Å². The smallest absolute Gasteiger partial charge is 0.334 e. The minimum atomic E-state index is -0.326. The number of hydrogen-bond acceptors (Lipinski definition) is 5. The zero-order valence-corrected chi connectivity index (χ0v) is 17.2. The van der Waals surface area contributed by atoms with Gasteiger partial charge in [0.25, 0.3) is 0 Å². The Morgan fingerprint density at radius 2 is 1.87 bits per heavy atom. The minimum Gasteiger partial charge on any atom is -0.466 e. The summed E-state index contributed by atoms with van der Waals surface area (Å²) in [7, 11) is 1.39. The first-order valence-electron chi connectivity index (χ1n) is 10.3. The molecule has 5 rings (SSSR count). The van der Waals surface area contributed by atoms with Gasteiger partial charge in [0.05, 0.1) is 12.8 Å². The zero-order valence-electron chi connectivity index (χ0n) is 17.2. The van der Waals surface area contributed by atoms with Gasteiger partial charge in [-0.1, -0.05) is 12.1 Å². The fourth-order valence-corrected chi connectivity index (χ4v) is 4.24. The summed E-state index contributed by atoms with van der Waals surface area (Å²) < 4.78 is 4.87. The van der Waals surface area contributed by atoms with Gasteiger partial charge in [-0.3, -0.25) is 14.8 Å². The molecule has 154 valence electrons.